The monoisotopic (exact) mass is 285 g/mol. The summed E-state index contributed by atoms with van der Waals surface area (Å²) in [6.07, 6.45) is 0.990. The fourth-order valence-electron chi connectivity index (χ4n) is 1.98. The largest absolute Gasteiger partial charge is 0.496 e. The molecule has 0 bridgehead atoms. The predicted octanol–water partition coefficient (Wildman–Crippen LogP) is 2.95. The van der Waals surface area contributed by atoms with Crippen molar-refractivity contribution in [3.05, 3.63) is 59.7 Å². The van der Waals surface area contributed by atoms with E-state index in [1.54, 1.807) is 7.11 Å². The first-order chi connectivity index (χ1) is 10.2. The van der Waals surface area contributed by atoms with Crippen LogP contribution >= 0.6 is 0 Å². The van der Waals surface area contributed by atoms with E-state index in [0.29, 0.717) is 12.8 Å². The first kappa shape index (κ1) is 14.9. The number of carbonyl (C=O) groups is 1. The van der Waals surface area contributed by atoms with Crippen LogP contribution in [0.2, 0.25) is 0 Å². The minimum Gasteiger partial charge on any atom is -0.496 e. The molecule has 0 aliphatic rings. The molecule has 21 heavy (non-hydrogen) atoms. The van der Waals surface area contributed by atoms with E-state index in [9.17, 15) is 4.79 Å². The number of esters is 1. The van der Waals surface area contributed by atoms with Crippen LogP contribution in [0, 0.1) is 0 Å². The lowest BCUT2D eigenvalue weighted by Gasteiger charge is -2.09. The molecular weight excluding hydrogens is 266 g/mol. The van der Waals surface area contributed by atoms with Crippen LogP contribution in [0.1, 0.15) is 17.5 Å². The molecule has 0 fully saturated rings. The first-order valence-corrected chi connectivity index (χ1v) is 6.81. The highest BCUT2D eigenvalue weighted by Gasteiger charge is 2.07. The number of hydrogen-bond acceptors (Lipinski definition) is 4. The van der Waals surface area contributed by atoms with Gasteiger partial charge in [0.05, 0.1) is 7.11 Å². The third kappa shape index (κ3) is 4.53. The summed E-state index contributed by atoms with van der Waals surface area (Å²) < 4.78 is 10.5. The standard InChI is InChI=1S/C17H19NO3/c1-20-16-5-3-2-4-14(16)12-21-17(19)11-8-13-6-9-15(18)10-7-13/h2-7,9-10H,8,11-12,18H2,1H3. The zero-order chi connectivity index (χ0) is 15.1. The van der Waals surface area contributed by atoms with Gasteiger partial charge in [0.1, 0.15) is 12.4 Å². The third-order valence-corrected chi connectivity index (χ3v) is 3.18. The topological polar surface area (TPSA) is 61.5 Å². The van der Waals surface area contributed by atoms with Crippen molar-refractivity contribution in [2.75, 3.05) is 12.8 Å². The van der Waals surface area contributed by atoms with E-state index in [0.717, 1.165) is 22.6 Å². The highest BCUT2D eigenvalue weighted by Crippen LogP contribution is 2.18. The normalized spacial score (nSPS) is 10.1. The van der Waals surface area contributed by atoms with Gasteiger partial charge in [-0.15, -0.1) is 0 Å². The SMILES string of the molecule is COc1ccccc1COC(=O)CCc1ccc(N)cc1. The quantitative estimate of drug-likeness (QED) is 0.654. The molecule has 0 spiro atoms. The van der Waals surface area contributed by atoms with Gasteiger partial charge in [0.15, 0.2) is 0 Å². The summed E-state index contributed by atoms with van der Waals surface area (Å²) >= 11 is 0. The summed E-state index contributed by atoms with van der Waals surface area (Å²) in [5.41, 5.74) is 8.27. The minimum atomic E-state index is -0.224. The summed E-state index contributed by atoms with van der Waals surface area (Å²) in [6, 6.07) is 15.0. The van der Waals surface area contributed by atoms with Crippen LogP contribution < -0.4 is 10.5 Å². The third-order valence-electron chi connectivity index (χ3n) is 3.18. The number of para-hydroxylation sites is 1. The van der Waals surface area contributed by atoms with Gasteiger partial charge in [-0.1, -0.05) is 30.3 Å². The fraction of sp³-hybridized carbons (Fsp3) is 0.235. The highest BCUT2D eigenvalue weighted by molar-refractivity contribution is 5.69. The maximum Gasteiger partial charge on any atom is 0.306 e. The van der Waals surface area contributed by atoms with E-state index >= 15 is 0 Å². The Balaban J connectivity index is 1.81. The van der Waals surface area contributed by atoms with E-state index in [-0.39, 0.29) is 12.6 Å². The second kappa shape index (κ2) is 7.33. The zero-order valence-electron chi connectivity index (χ0n) is 12.0. The summed E-state index contributed by atoms with van der Waals surface area (Å²) in [6.45, 7) is 0.227. The van der Waals surface area contributed by atoms with Crippen molar-refractivity contribution in [2.24, 2.45) is 0 Å². The van der Waals surface area contributed by atoms with Crippen LogP contribution in [0.4, 0.5) is 5.69 Å². The van der Waals surface area contributed by atoms with Crippen LogP contribution in [-0.4, -0.2) is 13.1 Å². The van der Waals surface area contributed by atoms with Gasteiger partial charge < -0.3 is 15.2 Å². The van der Waals surface area contributed by atoms with Crippen LogP contribution in [0.3, 0.4) is 0 Å². The van der Waals surface area contributed by atoms with Crippen LogP contribution in [0.15, 0.2) is 48.5 Å². The average molecular weight is 285 g/mol. The molecule has 0 unspecified atom stereocenters. The van der Waals surface area contributed by atoms with E-state index in [1.165, 1.54) is 0 Å². The summed E-state index contributed by atoms with van der Waals surface area (Å²) in [7, 11) is 1.60. The summed E-state index contributed by atoms with van der Waals surface area (Å²) in [4.78, 5) is 11.8. The van der Waals surface area contributed by atoms with E-state index in [1.807, 2.05) is 48.5 Å². The molecule has 4 heteroatoms. The number of ether oxygens (including phenoxy) is 2. The van der Waals surface area contributed by atoms with Crippen LogP contribution in [-0.2, 0) is 22.6 Å². The fourth-order valence-corrected chi connectivity index (χ4v) is 1.98. The Morgan fingerprint density at radius 2 is 1.81 bits per heavy atom. The number of hydrogen-bond donors (Lipinski definition) is 1. The molecule has 0 atom stereocenters. The maximum atomic E-state index is 11.8. The maximum absolute atomic E-state index is 11.8. The van der Waals surface area contributed by atoms with Crippen molar-refractivity contribution in [3.63, 3.8) is 0 Å². The van der Waals surface area contributed by atoms with Gasteiger partial charge in [0.25, 0.3) is 0 Å². The number of methoxy groups -OCH3 is 1. The van der Waals surface area contributed by atoms with Crippen molar-refractivity contribution >= 4 is 11.7 Å². The molecule has 0 saturated heterocycles. The molecule has 2 N–H and O–H groups in total. The molecule has 0 heterocycles. The molecular formula is C17H19NO3. The molecule has 2 rings (SSSR count). The Labute approximate surface area is 124 Å². The molecule has 2 aromatic rings. The molecule has 110 valence electrons. The van der Waals surface area contributed by atoms with Gasteiger partial charge >= 0.3 is 5.97 Å². The Morgan fingerprint density at radius 1 is 1.10 bits per heavy atom. The molecule has 0 saturated carbocycles. The van der Waals surface area contributed by atoms with Crippen molar-refractivity contribution in [1.82, 2.24) is 0 Å². The first-order valence-electron chi connectivity index (χ1n) is 6.81. The van der Waals surface area contributed by atoms with Crippen molar-refractivity contribution in [1.29, 1.82) is 0 Å². The van der Waals surface area contributed by atoms with Crippen molar-refractivity contribution in [2.45, 2.75) is 19.4 Å². The van der Waals surface area contributed by atoms with E-state index < -0.39 is 0 Å². The van der Waals surface area contributed by atoms with E-state index in [2.05, 4.69) is 0 Å². The number of aryl methyl sites for hydroxylation is 1. The Hall–Kier alpha value is -2.49. The lowest BCUT2D eigenvalue weighted by molar-refractivity contribution is -0.144. The van der Waals surface area contributed by atoms with Gasteiger partial charge in [0.2, 0.25) is 0 Å². The Morgan fingerprint density at radius 3 is 2.52 bits per heavy atom. The number of nitrogens with two attached hydrogens (primary N) is 1. The molecule has 0 aliphatic heterocycles. The van der Waals surface area contributed by atoms with Gasteiger partial charge in [-0.25, -0.2) is 0 Å². The Bertz CT molecular complexity index is 593. The second-order valence-electron chi connectivity index (χ2n) is 4.71. The predicted molar refractivity (Wildman–Crippen MR) is 82.0 cm³/mol. The number of nitrogen functional groups attached to an aromatic ring is 1. The Kier molecular flexibility index (Phi) is 5.21. The number of anilines is 1. The van der Waals surface area contributed by atoms with Gasteiger partial charge in [-0.05, 0) is 30.2 Å². The minimum absolute atomic E-state index is 0.224. The van der Waals surface area contributed by atoms with Crippen molar-refractivity contribution < 1.29 is 14.3 Å². The summed E-state index contributed by atoms with van der Waals surface area (Å²) in [5.74, 6) is 0.501. The lowest BCUT2D eigenvalue weighted by atomic mass is 10.1. The molecule has 0 aromatic heterocycles. The highest BCUT2D eigenvalue weighted by atomic mass is 16.5. The van der Waals surface area contributed by atoms with E-state index in [4.69, 9.17) is 15.2 Å². The van der Waals surface area contributed by atoms with Gasteiger partial charge in [0, 0.05) is 17.7 Å². The number of rotatable bonds is 6. The number of benzene rings is 2. The second-order valence-corrected chi connectivity index (χ2v) is 4.71. The molecule has 4 nitrogen and oxygen atoms in total. The average Bonchev–Trinajstić information content (AvgIpc) is 2.52. The van der Waals surface area contributed by atoms with Gasteiger partial charge in [-0.3, -0.25) is 4.79 Å². The van der Waals surface area contributed by atoms with Gasteiger partial charge in [-0.2, -0.15) is 0 Å². The summed E-state index contributed by atoms with van der Waals surface area (Å²) in [5, 5.41) is 0. The smallest absolute Gasteiger partial charge is 0.306 e. The molecule has 0 aliphatic carbocycles. The van der Waals surface area contributed by atoms with Crippen molar-refractivity contribution in [3.8, 4) is 5.75 Å². The number of carbonyl (C=O) groups excluding carboxylic acids is 1. The molecule has 0 amide bonds. The zero-order valence-corrected chi connectivity index (χ0v) is 12.0. The lowest BCUT2D eigenvalue weighted by Crippen LogP contribution is -2.06. The molecule has 0 radical (unpaired) electrons. The van der Waals surface area contributed by atoms with Crippen LogP contribution in [0.25, 0.3) is 0 Å². The molecule has 2 aromatic carbocycles. The van der Waals surface area contributed by atoms with Crippen LogP contribution in [0.5, 0.6) is 5.75 Å².